The molecule has 1 N–H and O–H groups in total. The highest BCUT2D eigenvalue weighted by Crippen LogP contribution is 2.26. The summed E-state index contributed by atoms with van der Waals surface area (Å²) in [5.41, 5.74) is 0. The smallest absolute Gasteiger partial charge is 0.299 e. The molecule has 0 saturated carbocycles. The fraction of sp³-hybridized carbons (Fsp3) is 0.111. The van der Waals surface area contributed by atoms with Crippen LogP contribution in [0.25, 0.3) is 0 Å². The maximum absolute atomic E-state index is 9.18. The first-order valence-electron chi connectivity index (χ1n) is 4.01. The third-order valence-corrected chi connectivity index (χ3v) is 2.25. The first kappa shape index (κ1) is 8.96. The number of nitrogens with zero attached hydrogens (tertiary/aromatic N) is 2. The SMILES string of the molecule is Cc1nnc(Oc2cccc(O)c2)s1. The van der Waals surface area contributed by atoms with E-state index in [0.29, 0.717) is 10.9 Å². The Morgan fingerprint density at radius 3 is 2.86 bits per heavy atom. The lowest BCUT2D eigenvalue weighted by molar-refractivity contribution is 0.451. The fourth-order valence-corrected chi connectivity index (χ4v) is 1.52. The van der Waals surface area contributed by atoms with E-state index in [4.69, 9.17) is 4.74 Å². The quantitative estimate of drug-likeness (QED) is 0.823. The van der Waals surface area contributed by atoms with Gasteiger partial charge in [-0.2, -0.15) is 0 Å². The van der Waals surface area contributed by atoms with Gasteiger partial charge in [-0.25, -0.2) is 0 Å². The van der Waals surface area contributed by atoms with Crippen LogP contribution in [0.2, 0.25) is 0 Å². The van der Waals surface area contributed by atoms with E-state index in [1.165, 1.54) is 17.4 Å². The van der Waals surface area contributed by atoms with Gasteiger partial charge in [0.1, 0.15) is 16.5 Å². The predicted molar refractivity (Wildman–Crippen MR) is 52.8 cm³/mol. The Hall–Kier alpha value is -1.62. The molecule has 0 atom stereocenters. The number of hydrogen-bond donors (Lipinski definition) is 1. The summed E-state index contributed by atoms with van der Waals surface area (Å²) in [4.78, 5) is 0. The molecule has 5 heteroatoms. The predicted octanol–water partition coefficient (Wildman–Crippen LogP) is 2.34. The lowest BCUT2D eigenvalue weighted by Crippen LogP contribution is -1.82. The molecule has 0 spiro atoms. The Kier molecular flexibility index (Phi) is 2.32. The van der Waals surface area contributed by atoms with E-state index in [1.54, 1.807) is 18.2 Å². The molecule has 0 aliphatic rings. The largest absolute Gasteiger partial charge is 0.508 e. The van der Waals surface area contributed by atoms with Crippen LogP contribution in [0.15, 0.2) is 24.3 Å². The molecule has 4 nitrogen and oxygen atoms in total. The Balaban J connectivity index is 2.18. The summed E-state index contributed by atoms with van der Waals surface area (Å²) in [6, 6.07) is 6.56. The third-order valence-electron chi connectivity index (χ3n) is 1.53. The van der Waals surface area contributed by atoms with Crippen molar-refractivity contribution in [1.29, 1.82) is 0 Å². The van der Waals surface area contributed by atoms with Gasteiger partial charge in [-0.1, -0.05) is 22.5 Å². The van der Waals surface area contributed by atoms with Crippen LogP contribution in [0.5, 0.6) is 16.7 Å². The number of phenols is 1. The summed E-state index contributed by atoms with van der Waals surface area (Å²) in [5, 5.41) is 18.1. The fourth-order valence-electron chi connectivity index (χ4n) is 0.967. The molecule has 0 unspecified atom stereocenters. The summed E-state index contributed by atoms with van der Waals surface area (Å²) in [7, 11) is 0. The van der Waals surface area contributed by atoms with Gasteiger partial charge in [0, 0.05) is 6.07 Å². The van der Waals surface area contributed by atoms with Crippen molar-refractivity contribution in [1.82, 2.24) is 10.2 Å². The lowest BCUT2D eigenvalue weighted by atomic mass is 10.3. The van der Waals surface area contributed by atoms with Crippen LogP contribution in [0.3, 0.4) is 0 Å². The summed E-state index contributed by atoms with van der Waals surface area (Å²) >= 11 is 1.36. The van der Waals surface area contributed by atoms with Crippen molar-refractivity contribution in [3.05, 3.63) is 29.3 Å². The minimum absolute atomic E-state index is 0.170. The molecule has 0 radical (unpaired) electrons. The molecule has 0 saturated heterocycles. The number of rotatable bonds is 2. The van der Waals surface area contributed by atoms with Crippen molar-refractivity contribution in [3.63, 3.8) is 0 Å². The van der Waals surface area contributed by atoms with Gasteiger partial charge in [-0.05, 0) is 19.1 Å². The van der Waals surface area contributed by atoms with Gasteiger partial charge in [-0.3, -0.25) is 0 Å². The maximum Gasteiger partial charge on any atom is 0.299 e. The third kappa shape index (κ3) is 2.00. The average molecular weight is 208 g/mol. The minimum atomic E-state index is 0.170. The molecule has 72 valence electrons. The zero-order valence-corrected chi connectivity index (χ0v) is 8.28. The molecule has 1 aromatic heterocycles. The number of ether oxygens (including phenoxy) is 1. The van der Waals surface area contributed by atoms with Crippen molar-refractivity contribution in [2.24, 2.45) is 0 Å². The molecule has 14 heavy (non-hydrogen) atoms. The van der Waals surface area contributed by atoms with Crippen molar-refractivity contribution < 1.29 is 9.84 Å². The van der Waals surface area contributed by atoms with E-state index in [0.717, 1.165) is 5.01 Å². The molecule has 2 rings (SSSR count). The maximum atomic E-state index is 9.18. The van der Waals surface area contributed by atoms with Gasteiger partial charge in [0.2, 0.25) is 0 Å². The van der Waals surface area contributed by atoms with Crippen molar-refractivity contribution in [3.8, 4) is 16.7 Å². The van der Waals surface area contributed by atoms with Gasteiger partial charge in [-0.15, -0.1) is 5.10 Å². The molecule has 0 aliphatic heterocycles. The number of aromatic hydroxyl groups is 1. The Morgan fingerprint density at radius 2 is 2.21 bits per heavy atom. The van der Waals surface area contributed by atoms with Crippen LogP contribution >= 0.6 is 11.3 Å². The van der Waals surface area contributed by atoms with Crippen molar-refractivity contribution in [2.45, 2.75) is 6.92 Å². The van der Waals surface area contributed by atoms with Gasteiger partial charge in [0.25, 0.3) is 5.19 Å². The zero-order chi connectivity index (χ0) is 9.97. The number of aryl methyl sites for hydroxylation is 1. The standard InChI is InChI=1S/C9H8N2O2S/c1-6-10-11-9(14-6)13-8-4-2-3-7(12)5-8/h2-5,12H,1H3. The monoisotopic (exact) mass is 208 g/mol. The van der Waals surface area contributed by atoms with Gasteiger partial charge in [0.15, 0.2) is 0 Å². The molecule has 0 bridgehead atoms. The summed E-state index contributed by atoms with van der Waals surface area (Å²) < 4.78 is 5.36. The molecule has 0 amide bonds. The highest BCUT2D eigenvalue weighted by molar-refractivity contribution is 7.13. The van der Waals surface area contributed by atoms with Crippen LogP contribution in [0, 0.1) is 6.92 Å². The number of phenolic OH excluding ortho intramolecular Hbond substituents is 1. The van der Waals surface area contributed by atoms with Gasteiger partial charge >= 0.3 is 0 Å². The Labute approximate surface area is 84.8 Å². The van der Waals surface area contributed by atoms with Gasteiger partial charge in [0.05, 0.1) is 0 Å². The highest BCUT2D eigenvalue weighted by Gasteiger charge is 2.02. The van der Waals surface area contributed by atoms with E-state index in [9.17, 15) is 5.11 Å². The second kappa shape index (κ2) is 3.63. The Morgan fingerprint density at radius 1 is 1.36 bits per heavy atom. The van der Waals surface area contributed by atoms with Crippen molar-refractivity contribution in [2.75, 3.05) is 0 Å². The van der Waals surface area contributed by atoms with Crippen LogP contribution in [0.4, 0.5) is 0 Å². The summed E-state index contributed by atoms with van der Waals surface area (Å²) in [5.74, 6) is 0.727. The number of hydrogen-bond acceptors (Lipinski definition) is 5. The molecule has 0 fully saturated rings. The Bertz CT molecular complexity index is 442. The van der Waals surface area contributed by atoms with E-state index in [1.807, 2.05) is 6.92 Å². The van der Waals surface area contributed by atoms with Crippen LogP contribution < -0.4 is 4.74 Å². The molecule has 0 aliphatic carbocycles. The molecule has 1 heterocycles. The first-order valence-corrected chi connectivity index (χ1v) is 4.83. The second-order valence-electron chi connectivity index (χ2n) is 2.69. The second-order valence-corrected chi connectivity index (χ2v) is 3.83. The summed E-state index contributed by atoms with van der Waals surface area (Å²) in [6.07, 6.45) is 0. The number of aromatic nitrogens is 2. The van der Waals surface area contributed by atoms with Crippen LogP contribution in [-0.2, 0) is 0 Å². The minimum Gasteiger partial charge on any atom is -0.508 e. The molecular formula is C9H8N2O2S. The molecule has 2 aromatic rings. The van der Waals surface area contributed by atoms with Crippen LogP contribution in [0.1, 0.15) is 5.01 Å². The average Bonchev–Trinajstić information content (AvgIpc) is 2.51. The summed E-state index contributed by atoms with van der Waals surface area (Å²) in [6.45, 7) is 1.85. The topological polar surface area (TPSA) is 55.2 Å². The molecule has 1 aromatic carbocycles. The van der Waals surface area contributed by atoms with Crippen LogP contribution in [-0.4, -0.2) is 15.3 Å². The zero-order valence-electron chi connectivity index (χ0n) is 7.47. The first-order chi connectivity index (χ1) is 6.74. The normalized spacial score (nSPS) is 10.1. The molecular weight excluding hydrogens is 200 g/mol. The highest BCUT2D eigenvalue weighted by atomic mass is 32.1. The van der Waals surface area contributed by atoms with E-state index in [2.05, 4.69) is 10.2 Å². The van der Waals surface area contributed by atoms with E-state index in [-0.39, 0.29) is 5.75 Å². The lowest BCUT2D eigenvalue weighted by Gasteiger charge is -2.00. The van der Waals surface area contributed by atoms with E-state index >= 15 is 0 Å². The van der Waals surface area contributed by atoms with E-state index < -0.39 is 0 Å². The van der Waals surface area contributed by atoms with Gasteiger partial charge < -0.3 is 9.84 Å². The number of benzene rings is 1. The van der Waals surface area contributed by atoms with Crippen molar-refractivity contribution >= 4 is 11.3 Å².